The van der Waals surface area contributed by atoms with Crippen LogP contribution in [0.25, 0.3) is 0 Å². The minimum Gasteiger partial charge on any atom is -0.387 e. The van der Waals surface area contributed by atoms with Crippen LogP contribution < -0.4 is 21.9 Å². The van der Waals surface area contributed by atoms with Gasteiger partial charge >= 0.3 is 20.9 Å². The first-order valence-corrected chi connectivity index (χ1v) is 16.7. The van der Waals surface area contributed by atoms with Crippen LogP contribution in [0.15, 0.2) is 15.8 Å². The lowest BCUT2D eigenvalue weighted by atomic mass is 10.1. The maximum Gasteiger partial charge on any atom is 0.365 e. The third-order valence-electron chi connectivity index (χ3n) is 5.92. The van der Waals surface area contributed by atoms with Crippen molar-refractivity contribution in [1.29, 1.82) is 0 Å². The highest BCUT2D eigenvalue weighted by atomic mass is 31.2. The van der Waals surface area contributed by atoms with Crippen molar-refractivity contribution in [3.8, 4) is 0 Å². The molecule has 1 aliphatic heterocycles. The minimum atomic E-state index is -4.21. The zero-order valence-electron chi connectivity index (χ0n) is 24.1. The van der Waals surface area contributed by atoms with Gasteiger partial charge in [-0.2, -0.15) is 0 Å². The summed E-state index contributed by atoms with van der Waals surface area (Å²) in [4.78, 5) is 51.3. The molecule has 1 aliphatic rings. The van der Waals surface area contributed by atoms with Gasteiger partial charge in [-0.05, 0) is 41.0 Å². The molecule has 0 aromatic carbocycles. The van der Waals surface area contributed by atoms with E-state index >= 15 is 0 Å². The van der Waals surface area contributed by atoms with Gasteiger partial charge in [-0.1, -0.05) is 0 Å². The van der Waals surface area contributed by atoms with E-state index in [4.69, 9.17) is 22.8 Å². The number of aliphatic hydroxyl groups excluding tert-OH is 2. The standard InChI is InChI=1S/C23H40N4O13P2/c1-6-36-41(34,37-7-2)23(42(35,38-8-3)39-9-4)25-15(28)11-10-12-24-20(32)18-16(29)17(30)21(40-18)27-13-14(5)19(31)26-22(27)33/h13,16-18,21,23,29-30H,6-12H2,1-5H3,(H,24,32)(H,25,28)(H,26,31,33)/t16-,17+,18-,21+/m0/s1. The highest BCUT2D eigenvalue weighted by Crippen LogP contribution is 2.69. The van der Waals surface area contributed by atoms with Gasteiger partial charge in [-0.15, -0.1) is 0 Å². The molecule has 4 atom stereocenters. The predicted molar refractivity (Wildman–Crippen MR) is 148 cm³/mol. The molecule has 240 valence electrons. The van der Waals surface area contributed by atoms with Crippen LogP contribution >= 0.6 is 15.2 Å². The number of hydrogen-bond donors (Lipinski definition) is 5. The Balaban J connectivity index is 2.04. The van der Waals surface area contributed by atoms with E-state index in [2.05, 4.69) is 10.6 Å². The molecule has 2 heterocycles. The topological polar surface area (TPSA) is 234 Å². The molecule has 0 bridgehead atoms. The molecular weight excluding hydrogens is 602 g/mol. The molecule has 0 aliphatic carbocycles. The number of amides is 2. The first kappa shape index (κ1) is 36.0. The second-order valence-corrected chi connectivity index (χ2v) is 13.6. The summed E-state index contributed by atoms with van der Waals surface area (Å²) in [5.41, 5.74) is -3.13. The lowest BCUT2D eigenvalue weighted by molar-refractivity contribution is -0.138. The van der Waals surface area contributed by atoms with Gasteiger partial charge in [0.25, 0.3) is 11.5 Å². The Morgan fingerprint density at radius 1 is 1.00 bits per heavy atom. The SMILES string of the molecule is CCOP(=O)(OCC)C(NC(=O)CCCNC(=O)[C@H]1O[C@@H](n2cc(C)c(=O)[nH]c2=O)[C@H](O)[C@@H]1O)P(=O)(OCC)OCC. The minimum absolute atomic E-state index is 0.0405. The van der Waals surface area contributed by atoms with Gasteiger partial charge in [0.1, 0.15) is 12.2 Å². The number of aromatic amines is 1. The van der Waals surface area contributed by atoms with E-state index in [9.17, 15) is 38.5 Å². The van der Waals surface area contributed by atoms with Crippen LogP contribution in [0.5, 0.6) is 0 Å². The number of ether oxygens (including phenoxy) is 1. The van der Waals surface area contributed by atoms with Crippen LogP contribution in [-0.2, 0) is 41.6 Å². The molecule has 17 nitrogen and oxygen atoms in total. The Bertz CT molecular complexity index is 1240. The maximum atomic E-state index is 13.5. The fourth-order valence-electron chi connectivity index (χ4n) is 4.07. The predicted octanol–water partition coefficient (Wildman–Crippen LogP) is 0.293. The van der Waals surface area contributed by atoms with Crippen LogP contribution in [0, 0.1) is 6.92 Å². The molecule has 19 heteroatoms. The number of aliphatic hydroxyl groups is 2. The van der Waals surface area contributed by atoms with E-state index < -0.39 is 68.3 Å². The molecule has 2 rings (SSSR count). The van der Waals surface area contributed by atoms with Crippen LogP contribution in [-0.4, -0.2) is 88.4 Å². The molecule has 2 amide bonds. The summed E-state index contributed by atoms with van der Waals surface area (Å²) in [6.45, 7) is 7.22. The molecule has 0 saturated carbocycles. The van der Waals surface area contributed by atoms with Crippen molar-refractivity contribution in [2.75, 3.05) is 33.0 Å². The quantitative estimate of drug-likeness (QED) is 0.114. The molecule has 0 radical (unpaired) electrons. The Morgan fingerprint density at radius 2 is 1.52 bits per heavy atom. The second kappa shape index (κ2) is 16.0. The number of rotatable bonds is 17. The number of carbonyl (C=O) groups excluding carboxylic acids is 2. The second-order valence-electron chi connectivity index (χ2n) is 8.99. The number of carbonyl (C=O) groups is 2. The molecular formula is C23H40N4O13P2. The van der Waals surface area contributed by atoms with Gasteiger partial charge in [0, 0.05) is 24.7 Å². The summed E-state index contributed by atoms with van der Waals surface area (Å²) in [6.07, 6.45) is -5.43. The van der Waals surface area contributed by atoms with Crippen molar-refractivity contribution in [2.24, 2.45) is 0 Å². The zero-order chi connectivity index (χ0) is 31.7. The highest BCUT2D eigenvalue weighted by Gasteiger charge is 2.52. The van der Waals surface area contributed by atoms with Gasteiger partial charge in [0.15, 0.2) is 12.3 Å². The maximum absolute atomic E-state index is 13.5. The van der Waals surface area contributed by atoms with E-state index in [1.165, 1.54) is 6.92 Å². The summed E-state index contributed by atoms with van der Waals surface area (Å²) in [5.74, 6) is -1.54. The summed E-state index contributed by atoms with van der Waals surface area (Å²) in [7, 11) is -8.43. The number of H-pyrrole nitrogens is 1. The molecule has 1 aromatic rings. The molecule has 1 aromatic heterocycles. The van der Waals surface area contributed by atoms with Crippen LogP contribution in [0.4, 0.5) is 0 Å². The molecule has 0 unspecified atom stereocenters. The first-order chi connectivity index (χ1) is 19.8. The molecule has 5 N–H and O–H groups in total. The summed E-state index contributed by atoms with van der Waals surface area (Å²) < 4.78 is 54.5. The van der Waals surface area contributed by atoms with Crippen LogP contribution in [0.1, 0.15) is 52.3 Å². The van der Waals surface area contributed by atoms with Crippen molar-refractivity contribution in [3.63, 3.8) is 0 Å². The normalized spacial score (nSPS) is 21.0. The number of hydrogen-bond acceptors (Lipinski definition) is 13. The van der Waals surface area contributed by atoms with Gasteiger partial charge in [-0.25, -0.2) is 4.79 Å². The molecule has 1 fully saturated rings. The van der Waals surface area contributed by atoms with E-state index in [1.54, 1.807) is 27.7 Å². The van der Waals surface area contributed by atoms with Gasteiger partial charge in [0.2, 0.25) is 11.4 Å². The van der Waals surface area contributed by atoms with Crippen molar-refractivity contribution in [2.45, 2.75) is 77.5 Å². The van der Waals surface area contributed by atoms with Crippen LogP contribution in [0.3, 0.4) is 0 Å². The van der Waals surface area contributed by atoms with Gasteiger partial charge in [-0.3, -0.25) is 33.1 Å². The average molecular weight is 643 g/mol. The lowest BCUT2D eigenvalue weighted by Crippen LogP contribution is -2.43. The fourth-order valence-corrected chi connectivity index (χ4v) is 9.01. The fraction of sp³-hybridized carbons (Fsp3) is 0.739. The third kappa shape index (κ3) is 8.68. The van der Waals surface area contributed by atoms with Crippen molar-refractivity contribution < 1.29 is 51.8 Å². The molecule has 1 saturated heterocycles. The van der Waals surface area contributed by atoms with Crippen LogP contribution in [0.2, 0.25) is 0 Å². The van der Waals surface area contributed by atoms with E-state index in [1.807, 2.05) is 4.98 Å². The number of aromatic nitrogens is 2. The number of nitrogens with one attached hydrogen (secondary N) is 3. The number of nitrogens with zero attached hydrogens (tertiary/aromatic N) is 1. The van der Waals surface area contributed by atoms with Gasteiger partial charge < -0.3 is 43.7 Å². The monoisotopic (exact) mass is 642 g/mol. The summed E-state index contributed by atoms with van der Waals surface area (Å²) in [5, 5.41) is 25.6. The third-order valence-corrected chi connectivity index (χ3v) is 11.5. The van der Waals surface area contributed by atoms with E-state index in [0.717, 1.165) is 10.8 Å². The Labute approximate surface area is 242 Å². The highest BCUT2D eigenvalue weighted by molar-refractivity contribution is 7.72. The summed E-state index contributed by atoms with van der Waals surface area (Å²) >= 11 is 0. The Hall–Kier alpha value is -2.20. The Morgan fingerprint density at radius 3 is 2.02 bits per heavy atom. The van der Waals surface area contributed by atoms with E-state index in [-0.39, 0.29) is 51.4 Å². The summed E-state index contributed by atoms with van der Waals surface area (Å²) in [6, 6.07) is 0. The molecule has 42 heavy (non-hydrogen) atoms. The largest absolute Gasteiger partial charge is 0.387 e. The Kier molecular flexibility index (Phi) is 13.7. The van der Waals surface area contributed by atoms with Crippen molar-refractivity contribution >= 4 is 27.0 Å². The van der Waals surface area contributed by atoms with Gasteiger partial charge in [0.05, 0.1) is 26.4 Å². The smallest absolute Gasteiger partial charge is 0.365 e. The first-order valence-electron chi connectivity index (χ1n) is 13.5. The van der Waals surface area contributed by atoms with E-state index in [0.29, 0.717) is 0 Å². The molecule has 0 spiro atoms. The zero-order valence-corrected chi connectivity index (χ0v) is 25.9. The number of aryl methyl sites for hydroxylation is 1. The van der Waals surface area contributed by atoms with Crippen molar-refractivity contribution in [1.82, 2.24) is 20.2 Å². The average Bonchev–Trinajstić information content (AvgIpc) is 3.21. The van der Waals surface area contributed by atoms with Crippen molar-refractivity contribution in [3.05, 3.63) is 32.6 Å². The lowest BCUT2D eigenvalue weighted by Gasteiger charge is -2.31.